The van der Waals surface area contributed by atoms with Crippen molar-refractivity contribution in [2.24, 2.45) is 0 Å². The highest BCUT2D eigenvalue weighted by Crippen LogP contribution is 2.32. The predicted octanol–water partition coefficient (Wildman–Crippen LogP) is 5.33. The van der Waals surface area contributed by atoms with Gasteiger partial charge in [-0.05, 0) is 75.0 Å². The summed E-state index contributed by atoms with van der Waals surface area (Å²) in [4.78, 5) is 22.4. The summed E-state index contributed by atoms with van der Waals surface area (Å²) in [6.07, 6.45) is 0. The van der Waals surface area contributed by atoms with Gasteiger partial charge in [0.1, 0.15) is 0 Å². The van der Waals surface area contributed by atoms with E-state index in [1.165, 1.54) is 27.8 Å². The van der Waals surface area contributed by atoms with Gasteiger partial charge in [0, 0.05) is 31.7 Å². The summed E-state index contributed by atoms with van der Waals surface area (Å²) in [5.41, 5.74) is 4.47. The van der Waals surface area contributed by atoms with Crippen LogP contribution >= 0.6 is 11.3 Å². The number of carbonyl (C=O) groups excluding carboxylic acids is 1. The molecule has 0 aliphatic rings. The van der Waals surface area contributed by atoms with Crippen LogP contribution in [0.3, 0.4) is 0 Å². The van der Waals surface area contributed by atoms with Gasteiger partial charge in [0.25, 0.3) is 5.91 Å². The highest BCUT2D eigenvalue weighted by Gasteiger charge is 2.26. The average molecular weight is 551 g/mol. The van der Waals surface area contributed by atoms with Crippen molar-refractivity contribution in [1.82, 2.24) is 14.2 Å². The van der Waals surface area contributed by atoms with Crippen LogP contribution in [0.4, 0.5) is 5.13 Å². The zero-order chi connectivity index (χ0) is 27.4. The maximum atomic E-state index is 13.7. The van der Waals surface area contributed by atoms with Crippen molar-refractivity contribution in [2.75, 3.05) is 38.6 Å². The lowest BCUT2D eigenvalue weighted by Crippen LogP contribution is -2.36. The van der Waals surface area contributed by atoms with Crippen LogP contribution in [0.25, 0.3) is 10.2 Å². The molecule has 3 aromatic carbocycles. The van der Waals surface area contributed by atoms with Crippen molar-refractivity contribution in [3.63, 3.8) is 0 Å². The molecule has 200 valence electrons. The van der Waals surface area contributed by atoms with Crippen LogP contribution in [0, 0.1) is 13.8 Å². The second kappa shape index (κ2) is 11.7. The molecule has 0 saturated heterocycles. The summed E-state index contributed by atoms with van der Waals surface area (Å²) in [5, 5.41) is 0.636. The molecule has 0 aliphatic carbocycles. The highest BCUT2D eigenvalue weighted by atomic mass is 32.2. The number of rotatable bonds is 10. The van der Waals surface area contributed by atoms with E-state index in [9.17, 15) is 13.2 Å². The van der Waals surface area contributed by atoms with Gasteiger partial charge in [-0.2, -0.15) is 4.31 Å². The molecule has 1 aromatic heterocycles. The molecule has 7 nitrogen and oxygen atoms in total. The van der Waals surface area contributed by atoms with Crippen molar-refractivity contribution in [3.8, 4) is 0 Å². The normalized spacial score (nSPS) is 12.0. The number of aromatic nitrogens is 1. The fourth-order valence-electron chi connectivity index (χ4n) is 4.29. The average Bonchev–Trinajstić information content (AvgIpc) is 3.31. The van der Waals surface area contributed by atoms with Crippen LogP contribution < -0.4 is 4.90 Å². The van der Waals surface area contributed by atoms with Crippen molar-refractivity contribution in [2.45, 2.75) is 32.2 Å². The van der Waals surface area contributed by atoms with Gasteiger partial charge >= 0.3 is 0 Å². The smallest absolute Gasteiger partial charge is 0.260 e. The second-order valence-corrected chi connectivity index (χ2v) is 12.6. The second-order valence-electron chi connectivity index (χ2n) is 9.63. The lowest BCUT2D eigenvalue weighted by atomic mass is 10.1. The minimum atomic E-state index is -3.72. The number of carbonyl (C=O) groups is 1. The number of hydrogen-bond donors (Lipinski definition) is 0. The van der Waals surface area contributed by atoms with Gasteiger partial charge in [0.15, 0.2) is 5.13 Å². The minimum Gasteiger partial charge on any atom is -0.308 e. The Kier molecular flexibility index (Phi) is 8.62. The molecular weight excluding hydrogens is 516 g/mol. The molecule has 1 heterocycles. The van der Waals surface area contributed by atoms with Crippen LogP contribution in [0.1, 0.15) is 34.0 Å². The lowest BCUT2D eigenvalue weighted by molar-refractivity contribution is 0.0985. The van der Waals surface area contributed by atoms with Crippen LogP contribution in [0.5, 0.6) is 0 Å². The summed E-state index contributed by atoms with van der Waals surface area (Å²) >= 11 is 1.50. The third-order valence-corrected chi connectivity index (χ3v) is 9.32. The molecule has 1 amide bonds. The molecule has 0 aliphatic heterocycles. The lowest BCUT2D eigenvalue weighted by Gasteiger charge is -2.23. The van der Waals surface area contributed by atoms with Gasteiger partial charge in [-0.25, -0.2) is 13.4 Å². The monoisotopic (exact) mass is 550 g/mol. The molecule has 9 heteroatoms. The molecule has 4 aromatic rings. The summed E-state index contributed by atoms with van der Waals surface area (Å²) in [6.45, 7) is 7.66. The van der Waals surface area contributed by atoms with Gasteiger partial charge in [0.2, 0.25) is 10.0 Å². The molecule has 4 rings (SSSR count). The third kappa shape index (κ3) is 6.13. The number of likely N-dealkylation sites (N-methyl/N-ethyl adjacent to an activating group) is 1. The topological polar surface area (TPSA) is 73.8 Å². The van der Waals surface area contributed by atoms with E-state index in [-0.39, 0.29) is 17.3 Å². The standard InChI is InChI=1S/C29H34N4O3S2/c1-6-32(20-23-10-8-7-9-11-23)38(35,36)25-14-12-24(13-15-25)28(34)33(17-16-31(4)5)29-30-27-22(3)18-21(2)19-26(27)37-29/h7-15,18-19H,6,16-17,20H2,1-5H3. The van der Waals surface area contributed by atoms with Crippen molar-refractivity contribution in [1.29, 1.82) is 0 Å². The first-order valence-corrected chi connectivity index (χ1v) is 14.8. The number of fused-ring (bicyclic) bond motifs is 1. The Balaban J connectivity index is 1.62. The number of amides is 1. The number of anilines is 1. The summed E-state index contributed by atoms with van der Waals surface area (Å²) in [6, 6.07) is 19.9. The maximum Gasteiger partial charge on any atom is 0.260 e. The number of nitrogens with zero attached hydrogens (tertiary/aromatic N) is 4. The molecule has 0 fully saturated rings. The molecule has 0 spiro atoms. The first-order chi connectivity index (χ1) is 18.1. The zero-order valence-electron chi connectivity index (χ0n) is 22.5. The van der Waals surface area contributed by atoms with Gasteiger partial charge in [-0.3, -0.25) is 9.69 Å². The summed E-state index contributed by atoms with van der Waals surface area (Å²) < 4.78 is 29.2. The van der Waals surface area contributed by atoms with E-state index in [0.717, 1.165) is 26.9 Å². The Morgan fingerprint density at radius 2 is 1.63 bits per heavy atom. The summed E-state index contributed by atoms with van der Waals surface area (Å²) in [5.74, 6) is -0.208. The van der Waals surface area contributed by atoms with Gasteiger partial charge in [0.05, 0.1) is 15.1 Å². The van der Waals surface area contributed by atoms with Gasteiger partial charge in [-0.15, -0.1) is 0 Å². The largest absolute Gasteiger partial charge is 0.308 e. The van der Waals surface area contributed by atoms with E-state index in [4.69, 9.17) is 4.98 Å². The van der Waals surface area contributed by atoms with E-state index >= 15 is 0 Å². The molecule has 0 bridgehead atoms. The molecule has 0 saturated carbocycles. The van der Waals surface area contributed by atoms with E-state index in [1.54, 1.807) is 17.0 Å². The fourth-order valence-corrected chi connectivity index (χ4v) is 6.89. The molecule has 0 atom stereocenters. The van der Waals surface area contributed by atoms with Crippen LogP contribution in [-0.2, 0) is 16.6 Å². The number of sulfonamides is 1. The Bertz CT molecular complexity index is 1510. The number of thiazole rings is 1. The van der Waals surface area contributed by atoms with E-state index < -0.39 is 10.0 Å². The molecular formula is C29H34N4O3S2. The molecule has 0 unspecified atom stereocenters. The first kappa shape index (κ1) is 27.9. The predicted molar refractivity (Wildman–Crippen MR) is 155 cm³/mol. The third-order valence-electron chi connectivity index (χ3n) is 6.36. The van der Waals surface area contributed by atoms with Crippen molar-refractivity contribution in [3.05, 3.63) is 89.0 Å². The number of benzene rings is 3. The summed E-state index contributed by atoms with van der Waals surface area (Å²) in [7, 11) is 0.202. The SMILES string of the molecule is CCN(Cc1ccccc1)S(=O)(=O)c1ccc(C(=O)N(CCN(C)C)c2nc3c(C)cc(C)cc3s2)cc1. The zero-order valence-corrected chi connectivity index (χ0v) is 24.1. The van der Waals surface area contributed by atoms with Gasteiger partial charge < -0.3 is 4.90 Å². The van der Waals surface area contributed by atoms with Crippen molar-refractivity contribution >= 4 is 42.6 Å². The van der Waals surface area contributed by atoms with E-state index in [1.807, 2.05) is 63.2 Å². The van der Waals surface area contributed by atoms with Crippen LogP contribution in [0.2, 0.25) is 0 Å². The Morgan fingerprint density at radius 1 is 0.947 bits per heavy atom. The van der Waals surface area contributed by atoms with E-state index in [0.29, 0.717) is 30.3 Å². The Labute approximate surface area is 229 Å². The number of hydrogen-bond acceptors (Lipinski definition) is 6. The molecule has 38 heavy (non-hydrogen) atoms. The van der Waals surface area contributed by atoms with Crippen molar-refractivity contribution < 1.29 is 13.2 Å². The molecule has 0 N–H and O–H groups in total. The fraction of sp³-hybridized carbons (Fsp3) is 0.310. The van der Waals surface area contributed by atoms with Crippen LogP contribution in [-0.4, -0.2) is 62.2 Å². The minimum absolute atomic E-state index is 0.165. The maximum absolute atomic E-state index is 13.7. The molecule has 0 radical (unpaired) electrons. The van der Waals surface area contributed by atoms with E-state index in [2.05, 4.69) is 19.1 Å². The quantitative estimate of drug-likeness (QED) is 0.267. The van der Waals surface area contributed by atoms with Gasteiger partial charge in [-0.1, -0.05) is 54.7 Å². The highest BCUT2D eigenvalue weighted by molar-refractivity contribution is 7.89. The van der Waals surface area contributed by atoms with Crippen LogP contribution in [0.15, 0.2) is 71.6 Å². The number of aryl methyl sites for hydroxylation is 2. The first-order valence-electron chi connectivity index (χ1n) is 12.6. The Hall–Kier alpha value is -3.11. The Morgan fingerprint density at radius 3 is 2.26 bits per heavy atom.